The van der Waals surface area contributed by atoms with Gasteiger partial charge in [0.1, 0.15) is 24.2 Å². The molecule has 5 rings (SSSR count). The summed E-state index contributed by atoms with van der Waals surface area (Å²) in [6.45, 7) is 0.761. The maximum atomic E-state index is 14.0. The van der Waals surface area contributed by atoms with E-state index in [2.05, 4.69) is 15.6 Å². The average molecular weight is 677 g/mol. The quantitative estimate of drug-likeness (QED) is 0.172. The number of rotatable bonds is 14. The number of hydrogen-bond acceptors (Lipinski definition) is 7. The molecule has 5 atom stereocenters. The number of aromatic nitrogens is 1. The Hall–Kier alpha value is -4.36. The van der Waals surface area contributed by atoms with Crippen LogP contribution in [0.3, 0.4) is 0 Å². The van der Waals surface area contributed by atoms with Crippen molar-refractivity contribution in [2.24, 2.45) is 5.73 Å². The lowest BCUT2D eigenvalue weighted by Crippen LogP contribution is -2.58. The Bertz CT molecular complexity index is 1620. The van der Waals surface area contributed by atoms with Gasteiger partial charge in [0.2, 0.25) is 23.6 Å². The Kier molecular flexibility index (Phi) is 11.8. The Labute approximate surface area is 284 Å². The number of nitrogens with one attached hydrogen (secondary N) is 3. The van der Waals surface area contributed by atoms with E-state index in [0.717, 1.165) is 22.0 Å². The van der Waals surface area contributed by atoms with Crippen LogP contribution < -0.4 is 16.4 Å². The second kappa shape index (κ2) is 16.2. The van der Waals surface area contributed by atoms with Gasteiger partial charge in [-0.15, -0.1) is 0 Å². The van der Waals surface area contributed by atoms with Crippen molar-refractivity contribution in [1.29, 1.82) is 0 Å². The summed E-state index contributed by atoms with van der Waals surface area (Å²) in [6.07, 6.45) is 6.45. The Morgan fingerprint density at radius 1 is 0.917 bits per heavy atom. The molecule has 2 fully saturated rings. The predicted octanol–water partition coefficient (Wildman–Crippen LogP) is 2.07. The number of carboxylic acid groups (broad SMARTS) is 1. The topological polar surface area (TPSA) is 178 Å². The van der Waals surface area contributed by atoms with Gasteiger partial charge in [-0.25, -0.2) is 4.79 Å². The third-order valence-electron chi connectivity index (χ3n) is 9.23. The van der Waals surface area contributed by atoms with E-state index in [-0.39, 0.29) is 24.7 Å². The van der Waals surface area contributed by atoms with E-state index in [1.54, 1.807) is 11.1 Å². The van der Waals surface area contributed by atoms with Crippen LogP contribution >= 0.6 is 11.8 Å². The van der Waals surface area contributed by atoms with Gasteiger partial charge in [0, 0.05) is 36.6 Å². The number of aliphatic carboxylic acids is 1. The van der Waals surface area contributed by atoms with E-state index in [0.29, 0.717) is 50.9 Å². The molecule has 3 heterocycles. The van der Waals surface area contributed by atoms with Gasteiger partial charge < -0.3 is 36.3 Å². The number of carboxylic acids is 1. The summed E-state index contributed by atoms with van der Waals surface area (Å²) in [6, 6.07) is 12.5. The molecule has 0 aliphatic carbocycles. The standard InChI is InChI=1S/C35H44N6O6S/c1-48-18-15-27(35(46)47)38-31(42)28(20-23-21-37-26-12-6-5-11-24(23)26)39-32(43)29-13-7-16-40(29)34(45)30-14-8-17-41(30)33(44)25(36)19-22-9-3-2-4-10-22/h2-6,9-12,21,25,27-30,37H,7-8,13-20,36H2,1H3,(H,38,42)(H,39,43)(H,46,47). The molecule has 3 aromatic rings. The number of benzene rings is 2. The summed E-state index contributed by atoms with van der Waals surface area (Å²) < 4.78 is 0. The van der Waals surface area contributed by atoms with Crippen LogP contribution in [0.15, 0.2) is 60.8 Å². The van der Waals surface area contributed by atoms with Crippen molar-refractivity contribution >= 4 is 52.3 Å². The highest BCUT2D eigenvalue weighted by molar-refractivity contribution is 7.98. The third kappa shape index (κ3) is 8.19. The summed E-state index contributed by atoms with van der Waals surface area (Å²) in [5.41, 5.74) is 8.90. The number of likely N-dealkylation sites (tertiary alicyclic amines) is 2. The van der Waals surface area contributed by atoms with Crippen molar-refractivity contribution in [2.45, 2.75) is 75.2 Å². The number of thioether (sulfide) groups is 1. The molecule has 12 nitrogen and oxygen atoms in total. The van der Waals surface area contributed by atoms with E-state index in [9.17, 15) is 29.1 Å². The van der Waals surface area contributed by atoms with E-state index in [1.807, 2.05) is 60.9 Å². The Morgan fingerprint density at radius 2 is 1.60 bits per heavy atom. The molecular formula is C35H44N6O6S. The normalized spacial score (nSPS) is 19.5. The summed E-state index contributed by atoms with van der Waals surface area (Å²) in [4.78, 5) is 73.1. The van der Waals surface area contributed by atoms with E-state index in [4.69, 9.17) is 5.73 Å². The van der Waals surface area contributed by atoms with Crippen LogP contribution in [0.2, 0.25) is 0 Å². The van der Waals surface area contributed by atoms with E-state index < -0.39 is 48.0 Å². The van der Waals surface area contributed by atoms with Gasteiger partial charge in [0.15, 0.2) is 0 Å². The minimum atomic E-state index is -1.15. The molecule has 13 heteroatoms. The molecule has 4 amide bonds. The molecule has 5 unspecified atom stereocenters. The largest absolute Gasteiger partial charge is 0.480 e. The molecule has 2 aliphatic rings. The molecule has 2 saturated heterocycles. The first kappa shape index (κ1) is 35.0. The van der Waals surface area contributed by atoms with Crippen molar-refractivity contribution in [3.05, 3.63) is 71.9 Å². The minimum absolute atomic E-state index is 0.112. The van der Waals surface area contributed by atoms with Crippen LogP contribution in [0.4, 0.5) is 0 Å². The minimum Gasteiger partial charge on any atom is -0.480 e. The van der Waals surface area contributed by atoms with Crippen molar-refractivity contribution in [1.82, 2.24) is 25.4 Å². The van der Waals surface area contributed by atoms with Gasteiger partial charge >= 0.3 is 5.97 Å². The fourth-order valence-electron chi connectivity index (χ4n) is 6.71. The second-order valence-corrected chi connectivity index (χ2v) is 13.5. The molecule has 1 aromatic heterocycles. The highest BCUT2D eigenvalue weighted by Crippen LogP contribution is 2.26. The van der Waals surface area contributed by atoms with Crippen LogP contribution in [-0.2, 0) is 36.8 Å². The second-order valence-electron chi connectivity index (χ2n) is 12.5. The molecule has 0 spiro atoms. The van der Waals surface area contributed by atoms with Gasteiger partial charge in [0.25, 0.3) is 0 Å². The summed E-state index contributed by atoms with van der Waals surface area (Å²) in [5, 5.41) is 16.1. The zero-order valence-corrected chi connectivity index (χ0v) is 27.9. The Balaban J connectivity index is 1.30. The predicted molar refractivity (Wildman–Crippen MR) is 184 cm³/mol. The summed E-state index contributed by atoms with van der Waals surface area (Å²) >= 11 is 1.47. The molecule has 2 aliphatic heterocycles. The average Bonchev–Trinajstić information content (AvgIpc) is 3.86. The zero-order valence-electron chi connectivity index (χ0n) is 27.1. The fraction of sp³-hybridized carbons (Fsp3) is 0.457. The summed E-state index contributed by atoms with van der Waals surface area (Å²) in [7, 11) is 0. The van der Waals surface area contributed by atoms with Gasteiger partial charge in [-0.1, -0.05) is 48.5 Å². The number of hydrogen-bond donors (Lipinski definition) is 5. The smallest absolute Gasteiger partial charge is 0.326 e. The summed E-state index contributed by atoms with van der Waals surface area (Å²) in [5.74, 6) is -2.31. The van der Waals surface area contributed by atoms with Crippen LogP contribution in [0.25, 0.3) is 10.9 Å². The molecule has 0 bridgehead atoms. The Morgan fingerprint density at radius 3 is 2.33 bits per heavy atom. The maximum Gasteiger partial charge on any atom is 0.326 e. The van der Waals surface area contributed by atoms with Crippen LogP contribution in [0.1, 0.15) is 43.2 Å². The highest BCUT2D eigenvalue weighted by Gasteiger charge is 2.43. The number of nitrogens with zero attached hydrogens (tertiary/aromatic N) is 2. The van der Waals surface area contributed by atoms with E-state index >= 15 is 0 Å². The lowest BCUT2D eigenvalue weighted by atomic mass is 10.0. The van der Waals surface area contributed by atoms with Gasteiger partial charge in [-0.05, 0) is 67.7 Å². The number of para-hydroxylation sites is 1. The van der Waals surface area contributed by atoms with Crippen LogP contribution in [0, 0.1) is 0 Å². The number of fused-ring (bicyclic) bond motifs is 1. The molecule has 0 radical (unpaired) electrons. The van der Waals surface area contributed by atoms with Crippen molar-refractivity contribution in [3.8, 4) is 0 Å². The highest BCUT2D eigenvalue weighted by atomic mass is 32.2. The van der Waals surface area contributed by atoms with E-state index in [1.165, 1.54) is 16.7 Å². The first-order valence-electron chi connectivity index (χ1n) is 16.5. The van der Waals surface area contributed by atoms with Crippen LogP contribution in [0.5, 0.6) is 0 Å². The molecule has 6 N–H and O–H groups in total. The molecule has 0 saturated carbocycles. The SMILES string of the molecule is CSCCC(NC(=O)C(Cc1c[nH]c2ccccc12)NC(=O)C1CCCN1C(=O)C1CCCN1C(=O)C(N)Cc1ccccc1)C(=O)O. The van der Waals surface area contributed by atoms with Gasteiger partial charge in [-0.2, -0.15) is 11.8 Å². The van der Waals surface area contributed by atoms with Crippen molar-refractivity contribution in [3.63, 3.8) is 0 Å². The monoisotopic (exact) mass is 676 g/mol. The first-order chi connectivity index (χ1) is 23.2. The lowest BCUT2D eigenvalue weighted by molar-refractivity contribution is -0.147. The van der Waals surface area contributed by atoms with Crippen LogP contribution in [-0.4, -0.2) is 105 Å². The third-order valence-corrected chi connectivity index (χ3v) is 9.88. The van der Waals surface area contributed by atoms with Gasteiger partial charge in [-0.3, -0.25) is 19.2 Å². The number of aromatic amines is 1. The molecular weight excluding hydrogens is 632 g/mol. The lowest BCUT2D eigenvalue weighted by Gasteiger charge is -2.32. The number of carbonyl (C=O) groups excluding carboxylic acids is 4. The van der Waals surface area contributed by atoms with Crippen molar-refractivity contribution < 1.29 is 29.1 Å². The number of H-pyrrole nitrogens is 1. The molecule has 2 aromatic carbocycles. The van der Waals surface area contributed by atoms with Gasteiger partial charge in [0.05, 0.1) is 6.04 Å². The van der Waals surface area contributed by atoms with Crippen molar-refractivity contribution in [2.75, 3.05) is 25.1 Å². The number of amides is 4. The first-order valence-corrected chi connectivity index (χ1v) is 17.8. The number of carbonyl (C=O) groups is 5. The zero-order chi connectivity index (χ0) is 34.2. The molecule has 48 heavy (non-hydrogen) atoms. The maximum absolute atomic E-state index is 14.0. The fourth-order valence-corrected chi connectivity index (χ4v) is 7.18. The molecule has 256 valence electrons. The number of nitrogens with two attached hydrogens (primary N) is 1.